The van der Waals surface area contributed by atoms with E-state index in [0.717, 1.165) is 24.0 Å². The molecule has 0 spiro atoms. The molecule has 0 radical (unpaired) electrons. The van der Waals surface area contributed by atoms with Crippen LogP contribution < -0.4 is 5.56 Å². The first-order chi connectivity index (χ1) is 16.1. The molecular weight excluding hydrogens is 423 g/mol. The van der Waals surface area contributed by atoms with Gasteiger partial charge in [0.25, 0.3) is 5.56 Å². The van der Waals surface area contributed by atoms with Crippen molar-refractivity contribution in [1.29, 1.82) is 0 Å². The molecule has 0 unspecified atom stereocenters. The maximum atomic E-state index is 13.2. The Balaban J connectivity index is 1.38. The summed E-state index contributed by atoms with van der Waals surface area (Å²) >= 11 is 0. The maximum Gasteiger partial charge on any atom is 0.281 e. The van der Waals surface area contributed by atoms with Crippen molar-refractivity contribution in [1.82, 2.24) is 29.9 Å². The number of benzene rings is 2. The third kappa shape index (κ3) is 4.52. The van der Waals surface area contributed by atoms with Gasteiger partial charge >= 0.3 is 0 Å². The lowest BCUT2D eigenvalue weighted by atomic mass is 9.96. The molecule has 2 aromatic heterocycles. The van der Waals surface area contributed by atoms with E-state index >= 15 is 0 Å². The molecule has 168 valence electrons. The number of piperidine rings is 1. The van der Waals surface area contributed by atoms with E-state index in [0.29, 0.717) is 37.5 Å². The second-order valence-electron chi connectivity index (χ2n) is 8.34. The number of aromatic amines is 1. The lowest BCUT2D eigenvalue weighted by Crippen LogP contribution is -2.40. The lowest BCUT2D eigenvalue weighted by Gasteiger charge is -2.32. The van der Waals surface area contributed by atoms with Crippen LogP contribution in [0.1, 0.15) is 35.7 Å². The molecule has 1 aliphatic rings. The van der Waals surface area contributed by atoms with E-state index in [1.54, 1.807) is 16.8 Å². The quantitative estimate of drug-likeness (QED) is 0.508. The van der Waals surface area contributed by atoms with E-state index in [2.05, 4.69) is 20.3 Å². The van der Waals surface area contributed by atoms with Crippen molar-refractivity contribution in [3.8, 4) is 0 Å². The Morgan fingerprint density at radius 1 is 1.09 bits per heavy atom. The number of nitrogens with zero attached hydrogens (tertiary/aromatic N) is 5. The first kappa shape index (κ1) is 21.0. The summed E-state index contributed by atoms with van der Waals surface area (Å²) in [5.41, 5.74) is 1.99. The van der Waals surface area contributed by atoms with Crippen molar-refractivity contribution in [2.24, 2.45) is 0 Å². The van der Waals surface area contributed by atoms with Crippen molar-refractivity contribution >= 4 is 17.1 Å². The molecule has 2 aromatic carbocycles. The molecule has 0 bridgehead atoms. The van der Waals surface area contributed by atoms with Crippen molar-refractivity contribution in [2.75, 3.05) is 13.1 Å². The van der Waals surface area contributed by atoms with Crippen molar-refractivity contribution in [3.63, 3.8) is 0 Å². The van der Waals surface area contributed by atoms with Crippen LogP contribution in [0.3, 0.4) is 0 Å². The van der Waals surface area contributed by atoms with Crippen LogP contribution in [0.15, 0.2) is 59.4 Å². The van der Waals surface area contributed by atoms with Crippen LogP contribution >= 0.6 is 0 Å². The zero-order valence-electron chi connectivity index (χ0n) is 17.9. The van der Waals surface area contributed by atoms with Gasteiger partial charge in [-0.15, -0.1) is 5.10 Å². The molecule has 3 heterocycles. The molecule has 0 saturated carbocycles. The van der Waals surface area contributed by atoms with Gasteiger partial charge in [0.1, 0.15) is 11.6 Å². The average molecular weight is 446 g/mol. The minimum Gasteiger partial charge on any atom is -0.342 e. The number of fused-ring (bicyclic) bond motifs is 1. The highest BCUT2D eigenvalue weighted by Gasteiger charge is 2.27. The highest BCUT2D eigenvalue weighted by atomic mass is 19.1. The van der Waals surface area contributed by atoms with Crippen molar-refractivity contribution < 1.29 is 9.18 Å². The van der Waals surface area contributed by atoms with Gasteiger partial charge in [-0.2, -0.15) is 0 Å². The third-order valence-corrected chi connectivity index (χ3v) is 6.00. The molecule has 9 heteroatoms. The lowest BCUT2D eigenvalue weighted by molar-refractivity contribution is -0.131. The summed E-state index contributed by atoms with van der Waals surface area (Å²) in [4.78, 5) is 34.9. The predicted octanol–water partition coefficient (Wildman–Crippen LogP) is 2.65. The normalized spacial score (nSPS) is 16.3. The van der Waals surface area contributed by atoms with E-state index in [-0.39, 0.29) is 28.7 Å². The molecule has 33 heavy (non-hydrogen) atoms. The van der Waals surface area contributed by atoms with Gasteiger partial charge in [-0.25, -0.2) is 14.1 Å². The SMILES string of the molecule is O=C(Cc1ccccc1)N1CCC[C@@H](c2nc3c(nnn3Cc3ccc(F)cc3)c(=O)[nH]2)C1. The monoisotopic (exact) mass is 446 g/mol. The number of amides is 1. The number of likely N-dealkylation sites (tertiary alicyclic amines) is 1. The van der Waals surface area contributed by atoms with Crippen LogP contribution in [-0.2, 0) is 17.8 Å². The molecule has 4 aromatic rings. The minimum absolute atomic E-state index is 0.0670. The fourth-order valence-corrected chi connectivity index (χ4v) is 4.25. The first-order valence-electron chi connectivity index (χ1n) is 11.0. The fourth-order valence-electron chi connectivity index (χ4n) is 4.25. The fraction of sp³-hybridized carbons (Fsp3) is 0.292. The van der Waals surface area contributed by atoms with Gasteiger partial charge in [-0.3, -0.25) is 9.59 Å². The van der Waals surface area contributed by atoms with E-state index in [1.807, 2.05) is 35.2 Å². The highest BCUT2D eigenvalue weighted by molar-refractivity contribution is 5.79. The topological polar surface area (TPSA) is 96.8 Å². The molecule has 1 saturated heterocycles. The highest BCUT2D eigenvalue weighted by Crippen LogP contribution is 2.25. The van der Waals surface area contributed by atoms with Gasteiger partial charge in [-0.1, -0.05) is 47.7 Å². The Kier molecular flexibility index (Phi) is 5.68. The Bertz CT molecular complexity index is 1330. The van der Waals surface area contributed by atoms with Crippen LogP contribution in [0, 0.1) is 5.82 Å². The van der Waals surface area contributed by atoms with Gasteiger partial charge in [0.05, 0.1) is 13.0 Å². The van der Waals surface area contributed by atoms with Gasteiger partial charge in [0.2, 0.25) is 5.91 Å². The van der Waals surface area contributed by atoms with Crippen LogP contribution in [0.2, 0.25) is 0 Å². The van der Waals surface area contributed by atoms with Crippen molar-refractivity contribution in [2.45, 2.75) is 31.7 Å². The third-order valence-electron chi connectivity index (χ3n) is 6.00. The van der Waals surface area contributed by atoms with Gasteiger partial charge in [0, 0.05) is 19.0 Å². The van der Waals surface area contributed by atoms with Gasteiger partial charge in [0.15, 0.2) is 11.2 Å². The summed E-state index contributed by atoms with van der Waals surface area (Å²) in [6, 6.07) is 15.8. The van der Waals surface area contributed by atoms with Crippen LogP contribution in [0.25, 0.3) is 11.2 Å². The maximum absolute atomic E-state index is 13.2. The number of carbonyl (C=O) groups excluding carboxylic acids is 1. The number of nitrogens with one attached hydrogen (secondary N) is 1. The van der Waals surface area contributed by atoms with Gasteiger partial charge in [-0.05, 0) is 36.1 Å². The number of rotatable bonds is 5. The second kappa shape index (κ2) is 8.93. The van der Waals surface area contributed by atoms with Gasteiger partial charge < -0.3 is 9.88 Å². The largest absolute Gasteiger partial charge is 0.342 e. The summed E-state index contributed by atoms with van der Waals surface area (Å²) in [6.45, 7) is 1.51. The Hall–Kier alpha value is -3.88. The first-order valence-corrected chi connectivity index (χ1v) is 11.0. The Morgan fingerprint density at radius 3 is 2.67 bits per heavy atom. The number of hydrogen-bond acceptors (Lipinski definition) is 5. The summed E-state index contributed by atoms with van der Waals surface area (Å²) in [7, 11) is 0. The zero-order chi connectivity index (χ0) is 22.8. The van der Waals surface area contributed by atoms with Crippen LogP contribution in [0.5, 0.6) is 0 Å². The number of aromatic nitrogens is 5. The molecule has 5 rings (SSSR count). The molecular formula is C24H23FN6O2. The summed E-state index contributed by atoms with van der Waals surface area (Å²) in [5, 5.41) is 8.05. The number of halogens is 1. The van der Waals surface area contributed by atoms with E-state index in [1.165, 1.54) is 12.1 Å². The minimum atomic E-state index is -0.354. The van der Waals surface area contributed by atoms with E-state index in [4.69, 9.17) is 0 Å². The average Bonchev–Trinajstić information content (AvgIpc) is 3.24. The molecule has 1 N–H and O–H groups in total. The molecule has 1 fully saturated rings. The van der Waals surface area contributed by atoms with E-state index in [9.17, 15) is 14.0 Å². The summed E-state index contributed by atoms with van der Waals surface area (Å²) < 4.78 is 14.8. The smallest absolute Gasteiger partial charge is 0.281 e. The van der Waals surface area contributed by atoms with Crippen molar-refractivity contribution in [3.05, 3.63) is 87.7 Å². The Labute approximate surface area is 189 Å². The molecule has 1 atom stereocenters. The Morgan fingerprint density at radius 2 is 1.88 bits per heavy atom. The number of H-pyrrole nitrogens is 1. The molecule has 1 amide bonds. The molecule has 1 aliphatic heterocycles. The second-order valence-corrected chi connectivity index (χ2v) is 8.34. The number of carbonyl (C=O) groups is 1. The van der Waals surface area contributed by atoms with Crippen LogP contribution in [0.4, 0.5) is 4.39 Å². The van der Waals surface area contributed by atoms with E-state index < -0.39 is 0 Å². The van der Waals surface area contributed by atoms with Crippen LogP contribution in [-0.4, -0.2) is 48.9 Å². The summed E-state index contributed by atoms with van der Waals surface area (Å²) in [6.07, 6.45) is 2.01. The summed E-state index contributed by atoms with van der Waals surface area (Å²) in [5.74, 6) is 0.206. The standard InChI is InChI=1S/C24H23FN6O2/c25-19-10-8-17(9-11-19)14-31-23-21(28-29-31)24(33)27-22(26-23)18-7-4-12-30(15-18)20(32)13-16-5-2-1-3-6-16/h1-3,5-6,8-11,18H,4,7,12-15H2,(H,26,27,33)/t18-/m1/s1. The molecule has 8 nitrogen and oxygen atoms in total. The molecule has 0 aliphatic carbocycles. The number of hydrogen-bond donors (Lipinski definition) is 1. The predicted molar refractivity (Wildman–Crippen MR) is 120 cm³/mol. The zero-order valence-corrected chi connectivity index (χ0v) is 17.9.